The van der Waals surface area contributed by atoms with Crippen molar-refractivity contribution in [1.82, 2.24) is 24.4 Å². The van der Waals surface area contributed by atoms with Gasteiger partial charge in [0.1, 0.15) is 23.1 Å². The summed E-state index contributed by atoms with van der Waals surface area (Å²) in [6, 6.07) is 6.18. The van der Waals surface area contributed by atoms with Gasteiger partial charge in [0.2, 0.25) is 5.91 Å². The number of aromatic hydroxyl groups is 1. The normalized spacial score (nSPS) is 15.6. The highest BCUT2D eigenvalue weighted by atomic mass is 19.1. The molecule has 9 nitrogen and oxygen atoms in total. The molecule has 0 radical (unpaired) electrons. The lowest BCUT2D eigenvalue weighted by Crippen LogP contribution is -2.54. The third-order valence-corrected chi connectivity index (χ3v) is 6.67. The zero-order valence-corrected chi connectivity index (χ0v) is 20.7. The monoisotopic (exact) mass is 518 g/mol. The summed E-state index contributed by atoms with van der Waals surface area (Å²) in [4.78, 5) is 41.9. The Balaban J connectivity index is 1.78. The summed E-state index contributed by atoms with van der Waals surface area (Å²) in [5, 5.41) is 10.5. The summed E-state index contributed by atoms with van der Waals surface area (Å²) in [5.41, 5.74) is -0.482. The predicted molar refractivity (Wildman–Crippen MR) is 138 cm³/mol. The van der Waals surface area contributed by atoms with Crippen LogP contribution in [0.25, 0.3) is 28.0 Å². The van der Waals surface area contributed by atoms with Crippen molar-refractivity contribution in [2.24, 2.45) is 0 Å². The molecule has 0 bridgehead atoms. The van der Waals surface area contributed by atoms with E-state index in [0.717, 1.165) is 12.1 Å². The fourth-order valence-electron chi connectivity index (χ4n) is 4.76. The van der Waals surface area contributed by atoms with Gasteiger partial charge in [0.05, 0.1) is 22.8 Å². The average Bonchev–Trinajstić information content (AvgIpc) is 2.89. The van der Waals surface area contributed by atoms with Crippen LogP contribution in [0.4, 0.5) is 14.6 Å². The quantitative estimate of drug-likeness (QED) is 0.413. The van der Waals surface area contributed by atoms with Crippen molar-refractivity contribution in [3.05, 3.63) is 83.1 Å². The SMILES string of the molecule is C=CC(=O)N1CCN(c2nc(=O)n(-c3cnccc3C)c3nc(-c4c(O)cccc4F)c(F)cc23)[C@@H](C)C1. The van der Waals surface area contributed by atoms with E-state index < -0.39 is 34.3 Å². The molecule has 5 rings (SSSR count). The Kier molecular flexibility index (Phi) is 6.35. The number of piperazine rings is 1. The maximum atomic E-state index is 15.6. The number of hydrogen-bond donors (Lipinski definition) is 1. The van der Waals surface area contributed by atoms with Crippen LogP contribution >= 0.6 is 0 Å². The first-order valence-electron chi connectivity index (χ1n) is 11.9. The smallest absolute Gasteiger partial charge is 0.355 e. The lowest BCUT2D eigenvalue weighted by atomic mass is 10.1. The third kappa shape index (κ3) is 4.15. The van der Waals surface area contributed by atoms with Crippen molar-refractivity contribution >= 4 is 22.8 Å². The number of phenols is 1. The number of rotatable bonds is 4. The van der Waals surface area contributed by atoms with Crippen LogP contribution in [-0.4, -0.2) is 61.1 Å². The molecular formula is C27H24F2N6O3. The Hall–Kier alpha value is -4.67. The molecule has 1 N–H and O–H groups in total. The molecular weight excluding hydrogens is 494 g/mol. The van der Waals surface area contributed by atoms with Crippen LogP contribution in [0.1, 0.15) is 12.5 Å². The molecule has 11 heteroatoms. The number of aromatic nitrogens is 4. The summed E-state index contributed by atoms with van der Waals surface area (Å²) >= 11 is 0. The van der Waals surface area contributed by atoms with Crippen LogP contribution in [-0.2, 0) is 4.79 Å². The summed E-state index contributed by atoms with van der Waals surface area (Å²) in [7, 11) is 0. The van der Waals surface area contributed by atoms with E-state index in [1.807, 2.05) is 11.8 Å². The van der Waals surface area contributed by atoms with Gasteiger partial charge in [-0.25, -0.2) is 23.1 Å². The minimum atomic E-state index is -0.901. The molecule has 3 aromatic heterocycles. The summed E-state index contributed by atoms with van der Waals surface area (Å²) < 4.78 is 31.5. The van der Waals surface area contributed by atoms with E-state index in [1.54, 1.807) is 24.1 Å². The van der Waals surface area contributed by atoms with Gasteiger partial charge in [-0.05, 0) is 49.8 Å². The predicted octanol–water partition coefficient (Wildman–Crippen LogP) is 3.36. The number of carbonyl (C=O) groups excluding carboxylic acids is 1. The molecule has 1 fully saturated rings. The summed E-state index contributed by atoms with van der Waals surface area (Å²) in [5.74, 6) is -2.28. The molecule has 0 spiro atoms. The second kappa shape index (κ2) is 9.66. The molecule has 194 valence electrons. The Labute approximate surface area is 216 Å². The molecule has 1 aliphatic rings. The zero-order chi connectivity index (χ0) is 27.1. The van der Waals surface area contributed by atoms with E-state index in [2.05, 4.69) is 21.5 Å². The topological polar surface area (TPSA) is 104 Å². The molecule has 4 aromatic rings. The molecule has 38 heavy (non-hydrogen) atoms. The van der Waals surface area contributed by atoms with Gasteiger partial charge in [0.25, 0.3) is 0 Å². The molecule has 4 heterocycles. The summed E-state index contributed by atoms with van der Waals surface area (Å²) in [6.45, 7) is 8.19. The van der Waals surface area contributed by atoms with Crippen molar-refractivity contribution < 1.29 is 18.7 Å². The van der Waals surface area contributed by atoms with Crippen LogP contribution in [0.3, 0.4) is 0 Å². The number of phenolic OH excluding ortho intramolecular Hbond substituents is 1. The van der Waals surface area contributed by atoms with E-state index in [4.69, 9.17) is 0 Å². The van der Waals surface area contributed by atoms with Gasteiger partial charge in [-0.15, -0.1) is 0 Å². The Bertz CT molecular complexity index is 1630. The second-order valence-electron chi connectivity index (χ2n) is 9.07. The number of amides is 1. The largest absolute Gasteiger partial charge is 0.507 e. The Morgan fingerprint density at radius 2 is 1.97 bits per heavy atom. The van der Waals surface area contributed by atoms with Crippen molar-refractivity contribution in [3.8, 4) is 22.7 Å². The maximum Gasteiger partial charge on any atom is 0.355 e. The van der Waals surface area contributed by atoms with E-state index in [-0.39, 0.29) is 28.8 Å². The fourth-order valence-corrected chi connectivity index (χ4v) is 4.76. The van der Waals surface area contributed by atoms with E-state index >= 15 is 4.39 Å². The minimum absolute atomic E-state index is 0.0203. The van der Waals surface area contributed by atoms with Crippen molar-refractivity contribution in [2.75, 3.05) is 24.5 Å². The molecule has 1 aromatic carbocycles. The highest BCUT2D eigenvalue weighted by Crippen LogP contribution is 2.36. The standard InChI is InChI=1S/C27H24F2N6O3/c1-4-22(37)33-10-11-34(16(3)14-33)25-17-12-19(29)24(23-18(28)6-5-7-21(23)36)31-26(17)35(27(38)32-25)20-13-30-9-8-15(20)2/h4-9,12-13,16,36H,1,10-11,14H2,2-3H3/t16-/m0/s1. The number of aryl methyl sites for hydroxylation is 1. The summed E-state index contributed by atoms with van der Waals surface area (Å²) in [6.07, 6.45) is 4.27. The number of nitrogens with zero attached hydrogens (tertiary/aromatic N) is 6. The second-order valence-corrected chi connectivity index (χ2v) is 9.07. The van der Waals surface area contributed by atoms with E-state index in [0.29, 0.717) is 30.9 Å². The number of benzene rings is 1. The Morgan fingerprint density at radius 1 is 1.18 bits per heavy atom. The van der Waals surface area contributed by atoms with Crippen LogP contribution in [0.15, 0.2) is 60.2 Å². The number of hydrogen-bond acceptors (Lipinski definition) is 7. The molecule has 0 unspecified atom stereocenters. The highest BCUT2D eigenvalue weighted by molar-refractivity contribution is 5.91. The van der Waals surface area contributed by atoms with Gasteiger partial charge in [-0.2, -0.15) is 4.98 Å². The molecule has 1 aliphatic heterocycles. The number of anilines is 1. The van der Waals surface area contributed by atoms with Crippen molar-refractivity contribution in [2.45, 2.75) is 19.9 Å². The van der Waals surface area contributed by atoms with Crippen LogP contribution in [0.2, 0.25) is 0 Å². The Morgan fingerprint density at radius 3 is 2.66 bits per heavy atom. The number of halogens is 2. The van der Waals surface area contributed by atoms with Crippen LogP contribution in [0, 0.1) is 18.6 Å². The fraction of sp³-hybridized carbons (Fsp3) is 0.222. The van der Waals surface area contributed by atoms with E-state index in [1.165, 1.54) is 29.0 Å². The molecule has 0 saturated carbocycles. The van der Waals surface area contributed by atoms with E-state index in [9.17, 15) is 19.1 Å². The first-order chi connectivity index (χ1) is 18.2. The van der Waals surface area contributed by atoms with Gasteiger partial charge in [0.15, 0.2) is 11.5 Å². The molecule has 1 atom stereocenters. The van der Waals surface area contributed by atoms with Gasteiger partial charge < -0.3 is 14.9 Å². The number of pyridine rings is 2. The first kappa shape index (κ1) is 25.0. The average molecular weight is 519 g/mol. The third-order valence-electron chi connectivity index (χ3n) is 6.67. The highest BCUT2D eigenvalue weighted by Gasteiger charge is 2.30. The number of carbonyl (C=O) groups is 1. The zero-order valence-electron chi connectivity index (χ0n) is 20.7. The molecule has 1 amide bonds. The van der Waals surface area contributed by atoms with Gasteiger partial charge in [-0.3, -0.25) is 9.78 Å². The van der Waals surface area contributed by atoms with Gasteiger partial charge >= 0.3 is 5.69 Å². The lowest BCUT2D eigenvalue weighted by molar-refractivity contribution is -0.126. The number of fused-ring (bicyclic) bond motifs is 1. The maximum absolute atomic E-state index is 15.6. The lowest BCUT2D eigenvalue weighted by Gasteiger charge is -2.40. The van der Waals surface area contributed by atoms with Crippen LogP contribution < -0.4 is 10.6 Å². The first-order valence-corrected chi connectivity index (χ1v) is 11.9. The minimum Gasteiger partial charge on any atom is -0.507 e. The van der Waals surface area contributed by atoms with Crippen molar-refractivity contribution in [3.63, 3.8) is 0 Å². The van der Waals surface area contributed by atoms with Crippen LogP contribution in [0.5, 0.6) is 5.75 Å². The van der Waals surface area contributed by atoms with Gasteiger partial charge in [-0.1, -0.05) is 12.6 Å². The molecule has 1 saturated heterocycles. The molecule has 0 aliphatic carbocycles. The van der Waals surface area contributed by atoms with Crippen molar-refractivity contribution in [1.29, 1.82) is 0 Å². The van der Waals surface area contributed by atoms with Gasteiger partial charge in [0, 0.05) is 31.9 Å².